The Bertz CT molecular complexity index is 1020. The van der Waals surface area contributed by atoms with Gasteiger partial charge in [-0.25, -0.2) is 13.5 Å². The summed E-state index contributed by atoms with van der Waals surface area (Å²) >= 11 is 0. The fraction of sp³-hybridized carbons (Fsp3) is 0.300. The van der Waals surface area contributed by atoms with E-state index in [4.69, 9.17) is 4.74 Å². The van der Waals surface area contributed by atoms with Crippen LogP contribution in [0, 0.1) is 24.0 Å². The average Bonchev–Trinajstić information content (AvgIpc) is 2.99. The predicted octanol–water partition coefficient (Wildman–Crippen LogP) is 3.43. The second-order valence-corrected chi connectivity index (χ2v) is 7.67. The Labute approximate surface area is 160 Å². The molecule has 2 fully saturated rings. The van der Waals surface area contributed by atoms with Gasteiger partial charge in [-0.15, -0.1) is 5.10 Å². The van der Waals surface area contributed by atoms with E-state index in [9.17, 15) is 8.78 Å². The first-order chi connectivity index (χ1) is 13.5. The number of anilines is 3. The average molecular weight is 383 g/mol. The lowest BCUT2D eigenvalue weighted by Gasteiger charge is -2.56. The molecule has 0 amide bonds. The summed E-state index contributed by atoms with van der Waals surface area (Å²) in [7, 11) is 0. The third kappa shape index (κ3) is 3.09. The monoisotopic (exact) mass is 383 g/mol. The number of benzene rings is 2. The lowest BCUT2D eigenvalue weighted by atomic mass is 9.77. The van der Waals surface area contributed by atoms with Crippen molar-refractivity contribution in [3.63, 3.8) is 0 Å². The minimum Gasteiger partial charge on any atom is -0.380 e. The molecule has 0 aliphatic carbocycles. The molecule has 28 heavy (non-hydrogen) atoms. The van der Waals surface area contributed by atoms with E-state index >= 15 is 0 Å². The lowest BCUT2D eigenvalue weighted by molar-refractivity contribution is -0.127. The van der Waals surface area contributed by atoms with E-state index in [0.717, 1.165) is 49.3 Å². The van der Waals surface area contributed by atoms with Gasteiger partial charge < -0.3 is 15.0 Å². The maximum absolute atomic E-state index is 13.4. The molecule has 3 heterocycles. The first-order valence-corrected chi connectivity index (χ1v) is 9.08. The highest BCUT2D eigenvalue weighted by Crippen LogP contribution is 2.41. The third-order valence-electron chi connectivity index (χ3n) is 5.16. The van der Waals surface area contributed by atoms with Crippen molar-refractivity contribution >= 4 is 17.3 Å². The number of aryl methyl sites for hydroxylation is 1. The molecular formula is C20H19F2N5O. The van der Waals surface area contributed by atoms with E-state index < -0.39 is 11.6 Å². The SMILES string of the molecule is Cc1cc(Nc2ncn(-c3cc(F)cc(F)c3)n2)cc(N2CC3(COC3)C2)c1. The normalized spacial score (nSPS) is 17.3. The number of nitrogens with zero attached hydrogens (tertiary/aromatic N) is 4. The first-order valence-electron chi connectivity index (χ1n) is 9.08. The van der Waals surface area contributed by atoms with Crippen LogP contribution in [0.25, 0.3) is 5.69 Å². The van der Waals surface area contributed by atoms with Crippen LogP contribution in [-0.2, 0) is 4.74 Å². The van der Waals surface area contributed by atoms with Gasteiger partial charge in [0, 0.05) is 30.5 Å². The number of aromatic nitrogens is 3. The minimum absolute atomic E-state index is 0.275. The van der Waals surface area contributed by atoms with Crippen molar-refractivity contribution in [2.45, 2.75) is 6.92 Å². The second kappa shape index (κ2) is 6.27. The van der Waals surface area contributed by atoms with Gasteiger partial charge in [0.1, 0.15) is 18.0 Å². The van der Waals surface area contributed by atoms with Crippen LogP contribution in [0.1, 0.15) is 5.56 Å². The Morgan fingerprint density at radius 1 is 1.00 bits per heavy atom. The molecule has 0 radical (unpaired) electrons. The smallest absolute Gasteiger partial charge is 0.246 e. The molecule has 0 bridgehead atoms. The number of halogens is 2. The largest absolute Gasteiger partial charge is 0.380 e. The predicted molar refractivity (Wildman–Crippen MR) is 101 cm³/mol. The van der Waals surface area contributed by atoms with Crippen LogP contribution in [-0.4, -0.2) is 41.1 Å². The summed E-state index contributed by atoms with van der Waals surface area (Å²) < 4.78 is 33.5. The Morgan fingerprint density at radius 2 is 1.75 bits per heavy atom. The molecule has 3 aromatic rings. The molecular weight excluding hydrogens is 364 g/mol. The molecule has 0 saturated carbocycles. The van der Waals surface area contributed by atoms with Crippen molar-refractivity contribution in [1.82, 2.24) is 14.8 Å². The fourth-order valence-corrected chi connectivity index (χ4v) is 3.78. The van der Waals surface area contributed by atoms with Crippen molar-refractivity contribution < 1.29 is 13.5 Å². The van der Waals surface area contributed by atoms with Crippen LogP contribution in [0.2, 0.25) is 0 Å². The standard InChI is InChI=1S/C20H19F2N5O/c1-13-2-16(7-17(3-13)26-8-20(9-26)10-28-11-20)24-19-23-12-27(25-19)18-5-14(21)4-15(22)6-18/h2-7,12H,8-11H2,1H3,(H,24,25). The number of hydrogen-bond donors (Lipinski definition) is 1. The second-order valence-electron chi connectivity index (χ2n) is 7.67. The van der Waals surface area contributed by atoms with Crippen molar-refractivity contribution in [3.05, 3.63) is 59.9 Å². The van der Waals surface area contributed by atoms with Gasteiger partial charge >= 0.3 is 0 Å². The Hall–Kier alpha value is -3.00. The number of ether oxygens (including phenoxy) is 1. The third-order valence-corrected chi connectivity index (χ3v) is 5.16. The van der Waals surface area contributed by atoms with Crippen LogP contribution in [0.3, 0.4) is 0 Å². The van der Waals surface area contributed by atoms with Crippen molar-refractivity contribution in [2.75, 3.05) is 36.5 Å². The maximum Gasteiger partial charge on any atom is 0.246 e. The quantitative estimate of drug-likeness (QED) is 0.748. The van der Waals surface area contributed by atoms with E-state index in [-0.39, 0.29) is 5.69 Å². The van der Waals surface area contributed by atoms with E-state index in [1.807, 2.05) is 13.0 Å². The Morgan fingerprint density at radius 3 is 2.43 bits per heavy atom. The molecule has 8 heteroatoms. The molecule has 2 aliphatic heterocycles. The van der Waals surface area contributed by atoms with Crippen molar-refractivity contribution in [1.29, 1.82) is 0 Å². The molecule has 1 spiro atoms. The zero-order valence-electron chi connectivity index (χ0n) is 15.3. The van der Waals surface area contributed by atoms with Gasteiger partial charge in [-0.3, -0.25) is 0 Å². The maximum atomic E-state index is 13.4. The first kappa shape index (κ1) is 17.1. The van der Waals surface area contributed by atoms with E-state index in [0.29, 0.717) is 11.4 Å². The molecule has 6 nitrogen and oxygen atoms in total. The van der Waals surface area contributed by atoms with Crippen LogP contribution in [0.15, 0.2) is 42.7 Å². The molecule has 1 N–H and O–H groups in total. The van der Waals surface area contributed by atoms with Gasteiger partial charge in [0.05, 0.1) is 24.3 Å². The van der Waals surface area contributed by atoms with Crippen molar-refractivity contribution in [3.8, 4) is 5.69 Å². The molecule has 5 rings (SSSR count). The highest BCUT2D eigenvalue weighted by molar-refractivity contribution is 5.65. The fourth-order valence-electron chi connectivity index (χ4n) is 3.78. The van der Waals surface area contributed by atoms with Gasteiger partial charge in [0.25, 0.3) is 0 Å². The number of hydrogen-bond acceptors (Lipinski definition) is 5. The molecule has 2 saturated heterocycles. The van der Waals surface area contributed by atoms with E-state index in [1.165, 1.54) is 23.1 Å². The van der Waals surface area contributed by atoms with Gasteiger partial charge in [0.2, 0.25) is 5.95 Å². The van der Waals surface area contributed by atoms with Crippen molar-refractivity contribution in [2.24, 2.45) is 5.41 Å². The Balaban J connectivity index is 1.34. The van der Waals surface area contributed by atoms with Gasteiger partial charge in [0.15, 0.2) is 0 Å². The Kier molecular flexibility index (Phi) is 3.83. The van der Waals surface area contributed by atoms with Crippen LogP contribution in [0.5, 0.6) is 0 Å². The summed E-state index contributed by atoms with van der Waals surface area (Å²) in [6.07, 6.45) is 1.42. The van der Waals surface area contributed by atoms with Gasteiger partial charge in [-0.1, -0.05) is 0 Å². The highest BCUT2D eigenvalue weighted by atomic mass is 19.1. The molecule has 2 aromatic carbocycles. The topological polar surface area (TPSA) is 55.2 Å². The van der Waals surface area contributed by atoms with Gasteiger partial charge in [-0.05, 0) is 42.8 Å². The van der Waals surface area contributed by atoms with Crippen LogP contribution < -0.4 is 10.2 Å². The zero-order chi connectivity index (χ0) is 19.3. The minimum atomic E-state index is -0.660. The molecule has 1 aromatic heterocycles. The number of rotatable bonds is 4. The van der Waals surface area contributed by atoms with Crippen LogP contribution >= 0.6 is 0 Å². The van der Waals surface area contributed by atoms with E-state index in [1.54, 1.807) is 0 Å². The molecule has 0 atom stereocenters. The summed E-state index contributed by atoms with van der Waals surface area (Å²) in [6, 6.07) is 9.45. The molecule has 144 valence electrons. The van der Waals surface area contributed by atoms with Crippen LogP contribution in [0.4, 0.5) is 26.1 Å². The lowest BCUT2D eigenvalue weighted by Crippen LogP contribution is -2.66. The number of nitrogens with one attached hydrogen (secondary N) is 1. The summed E-state index contributed by atoms with van der Waals surface area (Å²) in [6.45, 7) is 5.75. The summed E-state index contributed by atoms with van der Waals surface area (Å²) in [4.78, 5) is 6.53. The summed E-state index contributed by atoms with van der Waals surface area (Å²) in [5.74, 6) is -0.964. The molecule has 0 unspecified atom stereocenters. The summed E-state index contributed by atoms with van der Waals surface area (Å²) in [5, 5.41) is 7.45. The highest BCUT2D eigenvalue weighted by Gasteiger charge is 2.49. The zero-order valence-corrected chi connectivity index (χ0v) is 15.3. The van der Waals surface area contributed by atoms with E-state index in [2.05, 4.69) is 32.4 Å². The summed E-state index contributed by atoms with van der Waals surface area (Å²) in [5.41, 5.74) is 3.75. The van der Waals surface area contributed by atoms with Gasteiger partial charge in [-0.2, -0.15) is 4.98 Å². The molecule has 2 aliphatic rings.